The molecule has 1 aliphatic carbocycles. The van der Waals surface area contributed by atoms with Crippen molar-refractivity contribution in [3.8, 4) is 17.0 Å². The second-order valence-electron chi connectivity index (χ2n) is 7.67. The molecule has 3 aliphatic rings. The first-order chi connectivity index (χ1) is 12.7. The molecule has 26 heavy (non-hydrogen) atoms. The predicted octanol–water partition coefficient (Wildman–Crippen LogP) is 3.30. The smallest absolute Gasteiger partial charge is 0.248 e. The molecule has 1 spiro atoms. The van der Waals surface area contributed by atoms with Crippen LogP contribution in [0.4, 0.5) is 0 Å². The molecule has 1 aromatic carbocycles. The van der Waals surface area contributed by atoms with Crippen LogP contribution in [0.2, 0.25) is 0 Å². The van der Waals surface area contributed by atoms with E-state index in [1.165, 1.54) is 25.3 Å². The summed E-state index contributed by atoms with van der Waals surface area (Å²) in [5.41, 5.74) is 2.74. The lowest BCUT2D eigenvalue weighted by atomic mass is 9.89. The van der Waals surface area contributed by atoms with Crippen molar-refractivity contribution < 1.29 is 9.47 Å². The number of benzene rings is 1. The number of H-pyrrole nitrogens is 1. The Kier molecular flexibility index (Phi) is 3.87. The molecule has 136 valence electrons. The highest BCUT2D eigenvalue weighted by atomic mass is 16.7. The van der Waals surface area contributed by atoms with Crippen LogP contribution < -0.4 is 10.3 Å². The van der Waals surface area contributed by atoms with Crippen molar-refractivity contribution in [3.63, 3.8) is 0 Å². The van der Waals surface area contributed by atoms with Gasteiger partial charge in [0, 0.05) is 49.3 Å². The Morgan fingerprint density at radius 3 is 2.69 bits per heavy atom. The van der Waals surface area contributed by atoms with E-state index in [0.717, 1.165) is 54.5 Å². The summed E-state index contributed by atoms with van der Waals surface area (Å²) >= 11 is 0. The van der Waals surface area contributed by atoms with E-state index >= 15 is 0 Å². The zero-order valence-electron chi connectivity index (χ0n) is 14.9. The van der Waals surface area contributed by atoms with E-state index in [1.54, 1.807) is 6.07 Å². The lowest BCUT2D eigenvalue weighted by Crippen LogP contribution is -2.54. The van der Waals surface area contributed by atoms with Crippen LogP contribution in [0.1, 0.15) is 37.7 Å². The molecule has 0 atom stereocenters. The number of piperidine rings is 1. The average Bonchev–Trinajstić information content (AvgIpc) is 2.62. The van der Waals surface area contributed by atoms with E-state index in [4.69, 9.17) is 9.47 Å². The topological polar surface area (TPSA) is 54.6 Å². The van der Waals surface area contributed by atoms with E-state index in [9.17, 15) is 4.79 Å². The van der Waals surface area contributed by atoms with Gasteiger partial charge in [-0.2, -0.15) is 0 Å². The van der Waals surface area contributed by atoms with Gasteiger partial charge < -0.3 is 14.5 Å². The van der Waals surface area contributed by atoms with Crippen molar-refractivity contribution in [3.05, 3.63) is 52.3 Å². The summed E-state index contributed by atoms with van der Waals surface area (Å²) < 4.78 is 12.5. The number of ether oxygens (including phenoxy) is 2. The third-order valence-corrected chi connectivity index (χ3v) is 6.08. The average molecular weight is 352 g/mol. The van der Waals surface area contributed by atoms with Gasteiger partial charge in [-0.25, -0.2) is 0 Å². The summed E-state index contributed by atoms with van der Waals surface area (Å²) in [6, 6.07) is 12.1. The van der Waals surface area contributed by atoms with Crippen molar-refractivity contribution in [1.29, 1.82) is 0 Å². The summed E-state index contributed by atoms with van der Waals surface area (Å²) in [6.07, 6.45) is 5.93. The minimum atomic E-state index is -0.462. The van der Waals surface area contributed by atoms with Gasteiger partial charge >= 0.3 is 0 Å². The molecule has 5 heteroatoms. The van der Waals surface area contributed by atoms with E-state index in [-0.39, 0.29) is 5.56 Å². The van der Waals surface area contributed by atoms with Crippen molar-refractivity contribution in [2.75, 3.05) is 13.1 Å². The Labute approximate surface area is 152 Å². The largest absolute Gasteiger partial charge is 0.462 e. The molecule has 0 bridgehead atoms. The second kappa shape index (κ2) is 6.25. The molecular formula is C21H24N2O3. The van der Waals surface area contributed by atoms with Gasteiger partial charge in [-0.1, -0.05) is 12.5 Å². The van der Waals surface area contributed by atoms with Gasteiger partial charge in [0.25, 0.3) is 0 Å². The Hall–Kier alpha value is -2.11. The number of fused-ring (bicyclic) bond motifs is 1. The number of aromatic nitrogens is 1. The molecule has 1 N–H and O–H groups in total. The van der Waals surface area contributed by atoms with Gasteiger partial charge in [0.05, 0.1) is 6.61 Å². The molecule has 5 rings (SSSR count). The second-order valence-corrected chi connectivity index (χ2v) is 7.67. The monoisotopic (exact) mass is 352 g/mol. The third kappa shape index (κ3) is 2.85. The van der Waals surface area contributed by atoms with E-state index in [1.807, 2.05) is 18.2 Å². The number of hydrogen-bond donors (Lipinski definition) is 1. The number of nitrogens with one attached hydrogen (secondary N) is 1. The fourth-order valence-corrected chi connectivity index (χ4v) is 4.24. The van der Waals surface area contributed by atoms with Gasteiger partial charge in [0.15, 0.2) is 0 Å². The zero-order chi connectivity index (χ0) is 17.6. The Balaban J connectivity index is 1.33. The Bertz CT molecular complexity index is 864. The summed E-state index contributed by atoms with van der Waals surface area (Å²) in [4.78, 5) is 17.0. The fourth-order valence-electron chi connectivity index (χ4n) is 4.24. The molecule has 2 fully saturated rings. The minimum Gasteiger partial charge on any atom is -0.462 e. The van der Waals surface area contributed by atoms with Crippen LogP contribution in [0.15, 0.2) is 41.2 Å². The standard InChI is InChI=1S/C21H24N2O3/c24-20-6-2-5-18(22-20)15-7-8-19-16(13-15)14-25-21(26-19)9-11-23(12-10-21)17-3-1-4-17/h2,5-8,13,17H,1,3-4,9-12,14H2,(H,22,24). The molecule has 2 aliphatic heterocycles. The number of aromatic amines is 1. The van der Waals surface area contributed by atoms with Gasteiger partial charge in [-0.15, -0.1) is 0 Å². The molecule has 3 heterocycles. The molecule has 0 amide bonds. The van der Waals surface area contributed by atoms with E-state index in [0.29, 0.717) is 6.61 Å². The summed E-state index contributed by atoms with van der Waals surface area (Å²) in [6.45, 7) is 2.68. The molecule has 1 aromatic heterocycles. The van der Waals surface area contributed by atoms with Crippen molar-refractivity contribution in [1.82, 2.24) is 9.88 Å². The summed E-state index contributed by atoms with van der Waals surface area (Å²) in [7, 11) is 0. The Morgan fingerprint density at radius 2 is 1.96 bits per heavy atom. The van der Waals surface area contributed by atoms with Crippen molar-refractivity contribution in [2.45, 2.75) is 50.5 Å². The lowest BCUT2D eigenvalue weighted by Gasteiger charge is -2.47. The van der Waals surface area contributed by atoms with Crippen molar-refractivity contribution >= 4 is 0 Å². The molecule has 5 nitrogen and oxygen atoms in total. The molecule has 1 saturated carbocycles. The first-order valence-electron chi connectivity index (χ1n) is 9.61. The van der Waals surface area contributed by atoms with Crippen LogP contribution in [-0.4, -0.2) is 34.8 Å². The maximum Gasteiger partial charge on any atom is 0.248 e. The van der Waals surface area contributed by atoms with Gasteiger partial charge in [-0.3, -0.25) is 9.69 Å². The van der Waals surface area contributed by atoms with Crippen molar-refractivity contribution in [2.24, 2.45) is 0 Å². The molecule has 0 unspecified atom stereocenters. The highest BCUT2D eigenvalue weighted by Crippen LogP contribution is 2.40. The first kappa shape index (κ1) is 16.1. The van der Waals surface area contributed by atoms with Crippen LogP contribution >= 0.6 is 0 Å². The summed E-state index contributed by atoms with van der Waals surface area (Å²) in [5, 5.41) is 0. The highest BCUT2D eigenvalue weighted by Gasteiger charge is 2.42. The normalized spacial score (nSPS) is 22.5. The van der Waals surface area contributed by atoms with Crippen LogP contribution in [0.25, 0.3) is 11.3 Å². The maximum absolute atomic E-state index is 11.5. The number of likely N-dealkylation sites (tertiary alicyclic amines) is 1. The SMILES string of the molecule is O=c1cccc(-c2ccc3c(c2)COC2(CCN(C4CCC4)CC2)O3)[nH]1. The maximum atomic E-state index is 11.5. The third-order valence-electron chi connectivity index (χ3n) is 6.08. The highest BCUT2D eigenvalue weighted by molar-refractivity contribution is 5.62. The van der Waals surface area contributed by atoms with Crippen LogP contribution in [-0.2, 0) is 11.3 Å². The van der Waals surface area contributed by atoms with Crippen LogP contribution in [0, 0.1) is 0 Å². The Morgan fingerprint density at radius 1 is 1.12 bits per heavy atom. The number of rotatable bonds is 2. The lowest BCUT2D eigenvalue weighted by molar-refractivity contribution is -0.231. The fraction of sp³-hybridized carbons (Fsp3) is 0.476. The summed E-state index contributed by atoms with van der Waals surface area (Å²) in [5.74, 6) is 0.450. The van der Waals surface area contributed by atoms with E-state index < -0.39 is 5.79 Å². The molecule has 2 aromatic rings. The number of hydrogen-bond acceptors (Lipinski definition) is 4. The molecular weight excluding hydrogens is 328 g/mol. The quantitative estimate of drug-likeness (QED) is 0.901. The van der Waals surface area contributed by atoms with Crippen LogP contribution in [0.5, 0.6) is 5.75 Å². The molecule has 1 saturated heterocycles. The minimum absolute atomic E-state index is 0.0927. The van der Waals surface area contributed by atoms with E-state index in [2.05, 4.69) is 16.0 Å². The number of pyridine rings is 1. The van der Waals surface area contributed by atoms with Gasteiger partial charge in [0.1, 0.15) is 5.75 Å². The van der Waals surface area contributed by atoms with Gasteiger partial charge in [0.2, 0.25) is 11.3 Å². The van der Waals surface area contributed by atoms with Crippen LogP contribution in [0.3, 0.4) is 0 Å². The molecule has 0 radical (unpaired) electrons. The predicted molar refractivity (Wildman–Crippen MR) is 99.1 cm³/mol. The first-order valence-corrected chi connectivity index (χ1v) is 9.61. The van der Waals surface area contributed by atoms with Gasteiger partial charge in [-0.05, 0) is 42.7 Å². The zero-order valence-corrected chi connectivity index (χ0v) is 14.9. The number of nitrogens with zero attached hydrogens (tertiary/aromatic N) is 1.